The molecule has 1 N–H and O–H groups in total. The number of halogens is 3. The van der Waals surface area contributed by atoms with Crippen LogP contribution in [0.3, 0.4) is 0 Å². The summed E-state index contributed by atoms with van der Waals surface area (Å²) in [7, 11) is -4.02. The Morgan fingerprint density at radius 3 is 2.53 bits per heavy atom. The zero-order chi connectivity index (χ0) is 30.7. The summed E-state index contributed by atoms with van der Waals surface area (Å²) in [6, 6.07) is 11.1. The maximum Gasteiger partial charge on any atom is 0.452 e. The van der Waals surface area contributed by atoms with Gasteiger partial charge in [-0.3, -0.25) is 14.2 Å². The van der Waals surface area contributed by atoms with Crippen LogP contribution in [0.1, 0.15) is 46.2 Å². The standard InChI is InChI=1S/C28H26F3N5O6S/c1-16-7-8-20(19(11-24(37)38)18-9-10-36-25(17(18)2)33-34-26(36)28(29,30)31)32-21(16)12-35-13-27(14-41-15-27)42-22-5-3-4-6-23(22)43(35,39)40/h3-10,19H,11-15H2,1-2H3,(H,37,38). The lowest BCUT2D eigenvalue weighted by molar-refractivity contribution is -0.165. The second kappa shape index (κ2) is 10.3. The number of carboxylic acids is 1. The number of aryl methyl sites for hydroxylation is 2. The molecule has 2 aliphatic heterocycles. The monoisotopic (exact) mass is 617 g/mol. The van der Waals surface area contributed by atoms with Crippen LogP contribution in [0.25, 0.3) is 5.65 Å². The number of nitrogens with zero attached hydrogens (tertiary/aromatic N) is 5. The van der Waals surface area contributed by atoms with E-state index >= 15 is 0 Å². The minimum absolute atomic E-state index is 0.0120. The Hall–Kier alpha value is -4.08. The van der Waals surface area contributed by atoms with Gasteiger partial charge in [-0.15, -0.1) is 10.2 Å². The van der Waals surface area contributed by atoms with Crippen LogP contribution in [0.15, 0.2) is 53.6 Å². The summed E-state index contributed by atoms with van der Waals surface area (Å²) in [6.45, 7) is 3.62. The highest BCUT2D eigenvalue weighted by Crippen LogP contribution is 2.39. The van der Waals surface area contributed by atoms with Gasteiger partial charge in [0.15, 0.2) is 11.2 Å². The number of aromatic nitrogens is 4. The van der Waals surface area contributed by atoms with Gasteiger partial charge in [-0.1, -0.05) is 18.2 Å². The van der Waals surface area contributed by atoms with Crippen LogP contribution in [0.4, 0.5) is 13.2 Å². The highest BCUT2D eigenvalue weighted by molar-refractivity contribution is 7.89. The maximum atomic E-state index is 13.8. The first kappa shape index (κ1) is 29.0. The zero-order valence-electron chi connectivity index (χ0n) is 23.0. The Morgan fingerprint density at radius 1 is 1.12 bits per heavy atom. The topological polar surface area (TPSA) is 136 Å². The molecule has 0 aliphatic carbocycles. The zero-order valence-corrected chi connectivity index (χ0v) is 23.8. The number of hydrogen-bond acceptors (Lipinski definition) is 8. The van der Waals surface area contributed by atoms with Crippen molar-refractivity contribution in [2.45, 2.75) is 49.4 Å². The highest BCUT2D eigenvalue weighted by Gasteiger charge is 2.49. The average Bonchev–Trinajstić information content (AvgIpc) is 3.34. The van der Waals surface area contributed by atoms with Gasteiger partial charge in [-0.2, -0.15) is 17.5 Å². The Kier molecular flexibility index (Phi) is 6.93. The quantitative estimate of drug-likeness (QED) is 0.343. The molecule has 1 aromatic carbocycles. The summed E-state index contributed by atoms with van der Waals surface area (Å²) >= 11 is 0. The van der Waals surface area contributed by atoms with Crippen LogP contribution in [0.5, 0.6) is 5.75 Å². The van der Waals surface area contributed by atoms with Crippen LogP contribution in [0.2, 0.25) is 0 Å². The van der Waals surface area contributed by atoms with E-state index in [0.29, 0.717) is 28.1 Å². The number of sulfonamides is 1. The summed E-state index contributed by atoms with van der Waals surface area (Å²) in [5.41, 5.74) is 1.19. The Bertz CT molecular complexity index is 1860. The first-order valence-electron chi connectivity index (χ1n) is 13.2. The van der Waals surface area contributed by atoms with E-state index in [0.717, 1.165) is 10.6 Å². The molecule has 5 heterocycles. The van der Waals surface area contributed by atoms with E-state index in [2.05, 4.69) is 10.2 Å². The van der Waals surface area contributed by atoms with E-state index in [4.69, 9.17) is 14.5 Å². The Balaban J connectivity index is 1.40. The van der Waals surface area contributed by atoms with Crippen molar-refractivity contribution in [2.24, 2.45) is 0 Å². The molecule has 0 radical (unpaired) electrons. The fraction of sp³-hybridized carbons (Fsp3) is 0.357. The number of fused-ring (bicyclic) bond motifs is 2. The first-order valence-corrected chi connectivity index (χ1v) is 14.7. The number of hydrogen-bond donors (Lipinski definition) is 1. The van der Waals surface area contributed by atoms with Gasteiger partial charge in [0.2, 0.25) is 15.8 Å². The van der Waals surface area contributed by atoms with Crippen molar-refractivity contribution in [3.8, 4) is 5.75 Å². The predicted octanol–water partition coefficient (Wildman–Crippen LogP) is 3.72. The minimum atomic E-state index is -4.73. The Labute approximate surface area is 243 Å². The Morgan fingerprint density at radius 2 is 1.86 bits per heavy atom. The number of pyridine rings is 2. The smallest absolute Gasteiger partial charge is 0.452 e. The molecular formula is C28H26F3N5O6S. The number of aliphatic carboxylic acids is 1. The fourth-order valence-corrected chi connectivity index (χ4v) is 7.10. The molecule has 1 unspecified atom stereocenters. The van der Waals surface area contributed by atoms with Gasteiger partial charge >= 0.3 is 12.1 Å². The number of para-hydroxylation sites is 1. The second-order valence-electron chi connectivity index (χ2n) is 10.8. The summed E-state index contributed by atoms with van der Waals surface area (Å²) in [5, 5.41) is 16.8. The van der Waals surface area contributed by atoms with Gasteiger partial charge in [0.05, 0.1) is 38.4 Å². The largest absolute Gasteiger partial charge is 0.481 e. The highest BCUT2D eigenvalue weighted by atomic mass is 32.2. The molecule has 1 atom stereocenters. The van der Waals surface area contributed by atoms with Crippen LogP contribution < -0.4 is 4.74 Å². The van der Waals surface area contributed by atoms with E-state index in [1.807, 2.05) is 0 Å². The molecule has 0 amide bonds. The van der Waals surface area contributed by atoms with Crippen molar-refractivity contribution in [2.75, 3.05) is 19.8 Å². The van der Waals surface area contributed by atoms with E-state index in [1.165, 1.54) is 16.4 Å². The molecule has 1 spiro atoms. The third kappa shape index (κ3) is 5.10. The molecule has 1 saturated heterocycles. The summed E-state index contributed by atoms with van der Waals surface area (Å²) in [4.78, 5) is 16.7. The molecule has 43 heavy (non-hydrogen) atoms. The van der Waals surface area contributed by atoms with Gasteiger partial charge in [-0.25, -0.2) is 8.42 Å². The SMILES string of the molecule is Cc1ccc(C(CC(=O)O)c2ccn3c(C(F)(F)F)nnc3c2C)nc1CN1CC2(COC2)Oc2ccccc2S1(=O)=O. The summed E-state index contributed by atoms with van der Waals surface area (Å²) in [6.07, 6.45) is -3.99. The van der Waals surface area contributed by atoms with Crippen LogP contribution in [-0.2, 0) is 32.3 Å². The van der Waals surface area contributed by atoms with Gasteiger partial charge in [0.1, 0.15) is 10.6 Å². The number of carboxylic acid groups (broad SMARTS) is 1. The summed E-state index contributed by atoms with van der Waals surface area (Å²) in [5.74, 6) is -2.98. The minimum Gasteiger partial charge on any atom is -0.481 e. The van der Waals surface area contributed by atoms with Gasteiger partial charge < -0.3 is 14.6 Å². The predicted molar refractivity (Wildman–Crippen MR) is 144 cm³/mol. The van der Waals surface area contributed by atoms with Crippen molar-refractivity contribution in [3.05, 3.63) is 82.6 Å². The molecule has 11 nitrogen and oxygen atoms in total. The first-order chi connectivity index (χ1) is 20.3. The van der Waals surface area contributed by atoms with E-state index in [-0.39, 0.29) is 42.6 Å². The third-order valence-corrected chi connectivity index (χ3v) is 9.60. The molecule has 15 heteroatoms. The number of alkyl halides is 3. The molecule has 226 valence electrons. The fourth-order valence-electron chi connectivity index (χ4n) is 5.50. The normalized spacial score (nSPS) is 18.4. The van der Waals surface area contributed by atoms with E-state index in [1.54, 1.807) is 44.2 Å². The molecule has 0 bridgehead atoms. The molecule has 1 fully saturated rings. The molecule has 6 rings (SSSR count). The number of carbonyl (C=O) groups is 1. The molecule has 3 aromatic heterocycles. The van der Waals surface area contributed by atoms with Crippen molar-refractivity contribution in [1.29, 1.82) is 0 Å². The van der Waals surface area contributed by atoms with Gasteiger partial charge in [0, 0.05) is 17.8 Å². The van der Waals surface area contributed by atoms with E-state index in [9.17, 15) is 31.5 Å². The second-order valence-corrected chi connectivity index (χ2v) is 12.7. The molecular weight excluding hydrogens is 591 g/mol. The molecule has 0 saturated carbocycles. The lowest BCUT2D eigenvalue weighted by atomic mass is 9.89. The van der Waals surface area contributed by atoms with Gasteiger partial charge in [-0.05, 0) is 54.8 Å². The van der Waals surface area contributed by atoms with Crippen LogP contribution in [0, 0.1) is 13.8 Å². The maximum absolute atomic E-state index is 13.8. The third-order valence-electron chi connectivity index (χ3n) is 7.77. The lowest BCUT2D eigenvalue weighted by Crippen LogP contribution is -2.60. The van der Waals surface area contributed by atoms with E-state index < -0.39 is 45.9 Å². The number of ether oxygens (including phenoxy) is 2. The average molecular weight is 618 g/mol. The van der Waals surface area contributed by atoms with Crippen molar-refractivity contribution >= 4 is 21.6 Å². The number of rotatable bonds is 6. The van der Waals surface area contributed by atoms with Crippen molar-refractivity contribution < 1.29 is 41.0 Å². The van der Waals surface area contributed by atoms with Crippen LogP contribution in [-0.4, -0.2) is 68.7 Å². The van der Waals surface area contributed by atoms with Crippen molar-refractivity contribution in [3.63, 3.8) is 0 Å². The molecule has 2 aliphatic rings. The lowest BCUT2D eigenvalue weighted by Gasteiger charge is -2.41. The number of benzene rings is 1. The summed E-state index contributed by atoms with van der Waals surface area (Å²) < 4.78 is 81.5. The van der Waals surface area contributed by atoms with Gasteiger partial charge in [0.25, 0.3) is 0 Å². The van der Waals surface area contributed by atoms with Crippen molar-refractivity contribution in [1.82, 2.24) is 23.9 Å². The van der Waals surface area contributed by atoms with Crippen LogP contribution >= 0.6 is 0 Å². The molecule has 4 aromatic rings.